The van der Waals surface area contributed by atoms with Gasteiger partial charge in [-0.3, -0.25) is 0 Å². The highest BCUT2D eigenvalue weighted by molar-refractivity contribution is 6.10. The van der Waals surface area contributed by atoms with Gasteiger partial charge >= 0.3 is 0 Å². The smallest absolute Gasteiger partial charge is 0.164 e. The predicted octanol–water partition coefficient (Wildman–Crippen LogP) is 13.0. The van der Waals surface area contributed by atoms with E-state index in [1.807, 2.05) is 60.7 Å². The fourth-order valence-electron chi connectivity index (χ4n) is 7.52. The van der Waals surface area contributed by atoms with E-state index in [2.05, 4.69) is 150 Å². The number of fused-ring (bicyclic) bond motifs is 3. The molecule has 10 rings (SSSR count). The van der Waals surface area contributed by atoms with Gasteiger partial charge in [-0.05, 0) is 69.8 Å². The van der Waals surface area contributed by atoms with Crippen molar-refractivity contribution in [1.82, 2.24) is 19.5 Å². The molecule has 0 N–H and O–H groups in total. The minimum absolute atomic E-state index is 0.640. The molecular weight excluding hydrogens is 669 g/mol. The van der Waals surface area contributed by atoms with Gasteiger partial charge in [-0.2, -0.15) is 0 Å². The van der Waals surface area contributed by atoms with Gasteiger partial charge in [0.1, 0.15) is 0 Å². The van der Waals surface area contributed by atoms with E-state index in [9.17, 15) is 0 Å². The molecule has 0 fully saturated rings. The zero-order valence-electron chi connectivity index (χ0n) is 29.9. The van der Waals surface area contributed by atoms with Crippen LogP contribution in [0.1, 0.15) is 0 Å². The molecule has 8 aromatic carbocycles. The summed E-state index contributed by atoms with van der Waals surface area (Å²) < 4.78 is 2.39. The number of rotatable bonds is 7. The molecule has 55 heavy (non-hydrogen) atoms. The molecule has 0 amide bonds. The maximum absolute atomic E-state index is 4.98. The highest BCUT2D eigenvalue weighted by Gasteiger charge is 2.15. The zero-order valence-corrected chi connectivity index (χ0v) is 29.9. The fraction of sp³-hybridized carbons (Fsp3) is 0. The molecule has 4 heteroatoms. The minimum atomic E-state index is 0.640. The van der Waals surface area contributed by atoms with Crippen LogP contribution in [0.2, 0.25) is 0 Å². The Kier molecular flexibility index (Phi) is 8.12. The van der Waals surface area contributed by atoms with Crippen LogP contribution < -0.4 is 0 Å². The number of hydrogen-bond donors (Lipinski definition) is 0. The third-order valence-corrected chi connectivity index (χ3v) is 10.3. The van der Waals surface area contributed by atoms with Crippen molar-refractivity contribution in [3.05, 3.63) is 206 Å². The van der Waals surface area contributed by atoms with Crippen LogP contribution in [-0.4, -0.2) is 19.5 Å². The van der Waals surface area contributed by atoms with Gasteiger partial charge in [-0.1, -0.05) is 170 Å². The van der Waals surface area contributed by atoms with Gasteiger partial charge in [-0.15, -0.1) is 0 Å². The van der Waals surface area contributed by atoms with Crippen molar-refractivity contribution in [2.45, 2.75) is 0 Å². The molecular formula is C51H34N4. The molecule has 2 aromatic heterocycles. The van der Waals surface area contributed by atoms with E-state index < -0.39 is 0 Å². The standard InChI is InChI=1S/C51H34N4/c1-4-14-35(15-5-1)36-26-29-44(30-27-36)55-47-25-11-10-24-45(47)46-31-28-42(34-48(46)55)40-21-12-20-39(32-40)41-22-13-23-43(33-41)51-53-49(37-16-6-2-7-17-37)52-50(54-51)38-18-8-3-9-19-38/h1-34H. The summed E-state index contributed by atoms with van der Waals surface area (Å²) >= 11 is 0. The maximum atomic E-state index is 4.98. The first-order valence-corrected chi connectivity index (χ1v) is 18.5. The zero-order chi connectivity index (χ0) is 36.6. The van der Waals surface area contributed by atoms with Gasteiger partial charge in [0.15, 0.2) is 17.5 Å². The molecule has 0 bridgehead atoms. The Morgan fingerprint density at radius 1 is 0.255 bits per heavy atom. The molecule has 258 valence electrons. The second kappa shape index (κ2) is 13.8. The summed E-state index contributed by atoms with van der Waals surface area (Å²) in [6.07, 6.45) is 0. The predicted molar refractivity (Wildman–Crippen MR) is 227 cm³/mol. The van der Waals surface area contributed by atoms with Crippen molar-refractivity contribution in [2.24, 2.45) is 0 Å². The maximum Gasteiger partial charge on any atom is 0.164 e. The summed E-state index contributed by atoms with van der Waals surface area (Å²) in [5.41, 5.74) is 13.3. The van der Waals surface area contributed by atoms with E-state index in [0.29, 0.717) is 17.5 Å². The first-order valence-electron chi connectivity index (χ1n) is 18.5. The Bertz CT molecular complexity index is 2890. The van der Waals surface area contributed by atoms with Crippen molar-refractivity contribution in [3.63, 3.8) is 0 Å². The quantitative estimate of drug-likeness (QED) is 0.166. The second-order valence-electron chi connectivity index (χ2n) is 13.7. The summed E-state index contributed by atoms with van der Waals surface area (Å²) in [7, 11) is 0. The third kappa shape index (κ3) is 6.16. The summed E-state index contributed by atoms with van der Waals surface area (Å²) in [4.78, 5) is 14.8. The SMILES string of the molecule is c1ccc(-c2ccc(-n3c4ccccc4c4ccc(-c5cccc(-c6cccc(-c7nc(-c8ccccc8)nc(-c8ccccc8)n7)c6)c5)cc43)cc2)cc1. The molecule has 0 atom stereocenters. The van der Waals surface area contributed by atoms with E-state index >= 15 is 0 Å². The molecule has 0 radical (unpaired) electrons. The van der Waals surface area contributed by atoms with Crippen LogP contribution in [0.5, 0.6) is 0 Å². The van der Waals surface area contributed by atoms with Gasteiger partial charge in [0.25, 0.3) is 0 Å². The van der Waals surface area contributed by atoms with Gasteiger partial charge in [-0.25, -0.2) is 15.0 Å². The average Bonchev–Trinajstić information content (AvgIpc) is 3.61. The second-order valence-corrected chi connectivity index (χ2v) is 13.7. The van der Waals surface area contributed by atoms with Crippen LogP contribution in [0.4, 0.5) is 0 Å². The Balaban J connectivity index is 1.04. The summed E-state index contributed by atoms with van der Waals surface area (Å²) in [5.74, 6) is 1.94. The molecule has 0 spiro atoms. The molecule has 2 heterocycles. The number of para-hydroxylation sites is 1. The molecule has 0 saturated heterocycles. The lowest BCUT2D eigenvalue weighted by molar-refractivity contribution is 1.07. The Hall–Kier alpha value is -7.43. The van der Waals surface area contributed by atoms with Gasteiger partial charge in [0.05, 0.1) is 11.0 Å². The molecule has 10 aromatic rings. The van der Waals surface area contributed by atoms with Gasteiger partial charge in [0, 0.05) is 33.2 Å². The van der Waals surface area contributed by atoms with Crippen LogP contribution in [0, 0.1) is 0 Å². The van der Waals surface area contributed by atoms with E-state index in [-0.39, 0.29) is 0 Å². The van der Waals surface area contributed by atoms with Crippen molar-refractivity contribution >= 4 is 21.8 Å². The number of aromatic nitrogens is 4. The first-order chi connectivity index (χ1) is 27.2. The third-order valence-electron chi connectivity index (χ3n) is 10.3. The lowest BCUT2D eigenvalue weighted by Gasteiger charge is -2.11. The monoisotopic (exact) mass is 702 g/mol. The fourth-order valence-corrected chi connectivity index (χ4v) is 7.52. The van der Waals surface area contributed by atoms with E-state index in [1.165, 1.54) is 32.9 Å². The van der Waals surface area contributed by atoms with Crippen molar-refractivity contribution in [3.8, 4) is 73.2 Å². The Morgan fingerprint density at radius 3 is 1.25 bits per heavy atom. The molecule has 4 nitrogen and oxygen atoms in total. The van der Waals surface area contributed by atoms with Crippen LogP contribution in [0.25, 0.3) is 95.0 Å². The highest BCUT2D eigenvalue weighted by atomic mass is 15.0. The highest BCUT2D eigenvalue weighted by Crippen LogP contribution is 2.37. The Labute approximate surface area is 319 Å². The summed E-state index contributed by atoms with van der Waals surface area (Å²) in [6.45, 7) is 0. The normalized spacial score (nSPS) is 11.3. The molecule has 0 aliphatic rings. The van der Waals surface area contributed by atoms with Gasteiger partial charge < -0.3 is 4.57 Å². The number of hydrogen-bond acceptors (Lipinski definition) is 3. The summed E-state index contributed by atoms with van der Waals surface area (Å²) in [6, 6.07) is 72.4. The van der Waals surface area contributed by atoms with Crippen molar-refractivity contribution in [2.75, 3.05) is 0 Å². The van der Waals surface area contributed by atoms with Crippen LogP contribution in [0.15, 0.2) is 206 Å². The van der Waals surface area contributed by atoms with Crippen LogP contribution in [-0.2, 0) is 0 Å². The minimum Gasteiger partial charge on any atom is -0.309 e. The first kappa shape index (κ1) is 32.2. The summed E-state index contributed by atoms with van der Waals surface area (Å²) in [5, 5.41) is 2.48. The molecule has 0 unspecified atom stereocenters. The number of nitrogens with zero attached hydrogens (tertiary/aromatic N) is 4. The number of benzene rings is 8. The lowest BCUT2D eigenvalue weighted by atomic mass is 9.97. The van der Waals surface area contributed by atoms with E-state index in [0.717, 1.165) is 44.6 Å². The average molecular weight is 703 g/mol. The topological polar surface area (TPSA) is 43.6 Å². The van der Waals surface area contributed by atoms with E-state index in [4.69, 9.17) is 15.0 Å². The van der Waals surface area contributed by atoms with Crippen molar-refractivity contribution in [1.29, 1.82) is 0 Å². The largest absolute Gasteiger partial charge is 0.309 e. The van der Waals surface area contributed by atoms with E-state index in [1.54, 1.807) is 0 Å². The van der Waals surface area contributed by atoms with Crippen LogP contribution in [0.3, 0.4) is 0 Å². The van der Waals surface area contributed by atoms with Crippen LogP contribution >= 0.6 is 0 Å². The molecule has 0 saturated carbocycles. The molecule has 0 aliphatic carbocycles. The van der Waals surface area contributed by atoms with Crippen molar-refractivity contribution < 1.29 is 0 Å². The molecule has 0 aliphatic heterocycles. The Morgan fingerprint density at radius 2 is 0.655 bits per heavy atom. The lowest BCUT2D eigenvalue weighted by Crippen LogP contribution is -2.00. The van der Waals surface area contributed by atoms with Gasteiger partial charge in [0.2, 0.25) is 0 Å².